The molecule has 0 aliphatic heterocycles. The van der Waals surface area contributed by atoms with Gasteiger partial charge >= 0.3 is 0 Å². The second-order valence-electron chi connectivity index (χ2n) is 4.66. The first kappa shape index (κ1) is 15.0. The summed E-state index contributed by atoms with van der Waals surface area (Å²) >= 11 is 6.73. The van der Waals surface area contributed by atoms with Crippen molar-refractivity contribution in [3.63, 3.8) is 0 Å². The quantitative estimate of drug-likeness (QED) is 0.567. The lowest BCUT2D eigenvalue weighted by molar-refractivity contribution is -0.482. The summed E-state index contributed by atoms with van der Waals surface area (Å²) < 4.78 is 3.25. The summed E-state index contributed by atoms with van der Waals surface area (Å²) in [5.74, 6) is 0. The van der Waals surface area contributed by atoms with Crippen LogP contribution >= 0.6 is 31.9 Å². The zero-order chi connectivity index (χ0) is 15.7. The monoisotopic (exact) mass is 420 g/mol. The predicted octanol–water partition coefficient (Wildman–Crippen LogP) is 4.61. The van der Waals surface area contributed by atoms with Gasteiger partial charge in [-0.15, -0.1) is 0 Å². The van der Waals surface area contributed by atoms with Gasteiger partial charge in [-0.25, -0.2) is 0 Å². The third-order valence-corrected chi connectivity index (χ3v) is 4.30. The largest absolute Gasteiger partial charge is 0.805 e. The SMILES string of the molecule is O=[n+]1ccn([O-])c(-c2ccc(Br)cc2)c1-c1ccc(Br)cc1. The smallest absolute Gasteiger partial charge is 0.293 e. The van der Waals surface area contributed by atoms with Crippen molar-refractivity contribution in [1.29, 1.82) is 0 Å². The van der Waals surface area contributed by atoms with E-state index >= 15 is 0 Å². The molecule has 2 aromatic carbocycles. The van der Waals surface area contributed by atoms with Gasteiger partial charge in [-0.1, -0.05) is 44.0 Å². The van der Waals surface area contributed by atoms with Gasteiger partial charge in [-0.2, -0.15) is 0 Å². The van der Waals surface area contributed by atoms with Crippen LogP contribution in [0.15, 0.2) is 69.9 Å². The van der Waals surface area contributed by atoms with Crippen molar-refractivity contribution in [2.45, 2.75) is 0 Å². The van der Waals surface area contributed by atoms with E-state index in [2.05, 4.69) is 31.9 Å². The highest BCUT2D eigenvalue weighted by molar-refractivity contribution is 9.10. The molecule has 0 spiro atoms. The molecule has 0 aliphatic rings. The van der Waals surface area contributed by atoms with Gasteiger partial charge in [0.1, 0.15) is 5.69 Å². The Morgan fingerprint density at radius 2 is 1.36 bits per heavy atom. The summed E-state index contributed by atoms with van der Waals surface area (Å²) in [5, 5.41) is 12.3. The molecule has 0 radical (unpaired) electrons. The van der Waals surface area contributed by atoms with Crippen LogP contribution < -0.4 is 4.43 Å². The van der Waals surface area contributed by atoms with Gasteiger partial charge < -0.3 is 9.94 Å². The molecule has 6 heteroatoms. The van der Waals surface area contributed by atoms with Crippen LogP contribution in [0.5, 0.6) is 0 Å². The lowest BCUT2D eigenvalue weighted by Gasteiger charge is -2.16. The van der Waals surface area contributed by atoms with Crippen LogP contribution in [0, 0.1) is 10.1 Å². The van der Waals surface area contributed by atoms with E-state index in [0.29, 0.717) is 22.5 Å². The highest BCUT2D eigenvalue weighted by Crippen LogP contribution is 2.30. The molecule has 0 fully saturated rings. The number of benzene rings is 2. The summed E-state index contributed by atoms with van der Waals surface area (Å²) in [6.45, 7) is 0. The minimum absolute atomic E-state index is 0.326. The Bertz CT molecular complexity index is 872. The van der Waals surface area contributed by atoms with E-state index in [1.165, 1.54) is 12.4 Å². The lowest BCUT2D eigenvalue weighted by atomic mass is 10.0. The first-order valence-electron chi connectivity index (χ1n) is 6.43. The van der Waals surface area contributed by atoms with E-state index in [1.807, 2.05) is 24.3 Å². The molecule has 0 saturated carbocycles. The molecule has 0 saturated heterocycles. The Kier molecular flexibility index (Phi) is 4.13. The molecular formula is C16H10Br2N2O2. The van der Waals surface area contributed by atoms with Crippen LogP contribution in [-0.2, 0) is 0 Å². The number of hydrogen-bond donors (Lipinski definition) is 0. The zero-order valence-electron chi connectivity index (χ0n) is 11.2. The fourth-order valence-electron chi connectivity index (χ4n) is 2.22. The van der Waals surface area contributed by atoms with E-state index in [4.69, 9.17) is 0 Å². The second kappa shape index (κ2) is 6.06. The maximum absolute atomic E-state index is 12.3. The maximum atomic E-state index is 12.3. The predicted molar refractivity (Wildman–Crippen MR) is 92.8 cm³/mol. The van der Waals surface area contributed by atoms with E-state index in [9.17, 15) is 10.1 Å². The van der Waals surface area contributed by atoms with Gasteiger partial charge in [-0.05, 0) is 36.4 Å². The molecule has 0 amide bonds. The molecular weight excluding hydrogens is 412 g/mol. The lowest BCUT2D eigenvalue weighted by Crippen LogP contribution is -2.21. The van der Waals surface area contributed by atoms with Crippen LogP contribution in [0.1, 0.15) is 0 Å². The van der Waals surface area contributed by atoms with Crippen molar-refractivity contribution >= 4 is 31.9 Å². The molecule has 4 nitrogen and oxygen atoms in total. The molecule has 22 heavy (non-hydrogen) atoms. The minimum Gasteiger partial charge on any atom is -0.805 e. The number of nitrogens with zero attached hydrogens (tertiary/aromatic N) is 2. The third kappa shape index (κ3) is 2.84. The van der Waals surface area contributed by atoms with Gasteiger partial charge in [-0.3, -0.25) is 0 Å². The first-order chi connectivity index (χ1) is 10.6. The molecule has 0 unspecified atom stereocenters. The molecule has 110 valence electrons. The van der Waals surface area contributed by atoms with Gasteiger partial charge in [0.25, 0.3) is 5.69 Å². The molecule has 1 heterocycles. The highest BCUT2D eigenvalue weighted by atomic mass is 79.9. The van der Waals surface area contributed by atoms with E-state index in [-0.39, 0.29) is 0 Å². The van der Waals surface area contributed by atoms with Crippen molar-refractivity contribution in [2.24, 2.45) is 0 Å². The summed E-state index contributed by atoms with van der Waals surface area (Å²) in [6, 6.07) is 14.6. The average molecular weight is 422 g/mol. The Labute approximate surface area is 143 Å². The summed E-state index contributed by atoms with van der Waals surface area (Å²) in [7, 11) is 0. The third-order valence-electron chi connectivity index (χ3n) is 3.24. The van der Waals surface area contributed by atoms with E-state index in [1.54, 1.807) is 24.3 Å². The van der Waals surface area contributed by atoms with Gasteiger partial charge in [0.05, 0.1) is 16.2 Å². The fraction of sp³-hybridized carbons (Fsp3) is 0. The molecule has 3 rings (SSSR count). The molecule has 3 aromatic rings. The van der Waals surface area contributed by atoms with Crippen molar-refractivity contribution in [2.75, 3.05) is 0 Å². The van der Waals surface area contributed by atoms with Crippen LogP contribution in [-0.4, -0.2) is 4.73 Å². The van der Waals surface area contributed by atoms with Crippen LogP contribution in [0.4, 0.5) is 0 Å². The number of rotatable bonds is 2. The molecule has 0 atom stereocenters. The van der Waals surface area contributed by atoms with Crippen molar-refractivity contribution in [1.82, 2.24) is 4.73 Å². The topological polar surface area (TPSA) is 51.0 Å². The Balaban J connectivity index is 2.30. The maximum Gasteiger partial charge on any atom is 0.293 e. The first-order valence-corrected chi connectivity index (χ1v) is 8.02. The molecule has 1 aromatic heterocycles. The van der Waals surface area contributed by atoms with Gasteiger partial charge in [0.15, 0.2) is 0 Å². The summed E-state index contributed by atoms with van der Waals surface area (Å²) in [5.41, 5.74) is 2.02. The molecule has 0 aliphatic carbocycles. The Morgan fingerprint density at radius 3 is 1.91 bits per heavy atom. The fourth-order valence-corrected chi connectivity index (χ4v) is 2.75. The highest BCUT2D eigenvalue weighted by Gasteiger charge is 2.20. The summed E-state index contributed by atoms with van der Waals surface area (Å²) in [4.78, 5) is 12.3. The number of hydrogen-bond acceptors (Lipinski definition) is 2. The number of halogens is 2. The normalized spacial score (nSPS) is 10.6. The van der Waals surface area contributed by atoms with Crippen LogP contribution in [0.25, 0.3) is 22.5 Å². The van der Waals surface area contributed by atoms with Crippen LogP contribution in [0.2, 0.25) is 0 Å². The van der Waals surface area contributed by atoms with E-state index < -0.39 is 0 Å². The van der Waals surface area contributed by atoms with Gasteiger partial charge in [0, 0.05) is 19.4 Å². The Hall–Kier alpha value is -1.92. The summed E-state index contributed by atoms with van der Waals surface area (Å²) in [6.07, 6.45) is 2.43. The number of aromatic nitrogens is 2. The van der Waals surface area contributed by atoms with Crippen molar-refractivity contribution in [3.05, 3.63) is 80.0 Å². The van der Waals surface area contributed by atoms with Crippen LogP contribution in [0.3, 0.4) is 0 Å². The van der Waals surface area contributed by atoms with Gasteiger partial charge in [0.2, 0.25) is 6.20 Å². The Morgan fingerprint density at radius 1 is 0.864 bits per heavy atom. The average Bonchev–Trinajstić information content (AvgIpc) is 2.51. The second-order valence-corrected chi connectivity index (χ2v) is 6.49. The molecule has 0 bridgehead atoms. The minimum atomic E-state index is 0.326. The van der Waals surface area contributed by atoms with E-state index in [0.717, 1.165) is 18.1 Å². The standard InChI is InChI=1S/C16H10Br2N2O2/c17-13-5-1-11(2-6-13)15-16(20(22)10-9-19(15)21)12-3-7-14(18)8-4-12/h1-10H. The van der Waals surface area contributed by atoms with Crippen molar-refractivity contribution in [3.8, 4) is 22.5 Å². The van der Waals surface area contributed by atoms with Crippen molar-refractivity contribution < 1.29 is 4.43 Å². The zero-order valence-corrected chi connectivity index (χ0v) is 14.4. The molecule has 0 N–H and O–H groups in total.